The molecule has 2 aromatic rings. The molecule has 0 aliphatic heterocycles. The molecule has 0 aliphatic carbocycles. The minimum atomic E-state index is -3.55. The highest BCUT2D eigenvalue weighted by Crippen LogP contribution is 2.15. The first-order valence-electron chi connectivity index (χ1n) is 7.01. The molecule has 7 nitrogen and oxygen atoms in total. The van der Waals surface area contributed by atoms with Crippen molar-refractivity contribution in [2.24, 2.45) is 0 Å². The van der Waals surface area contributed by atoms with Crippen LogP contribution in [-0.4, -0.2) is 49.2 Å². The molecule has 1 aromatic heterocycles. The summed E-state index contributed by atoms with van der Waals surface area (Å²) >= 11 is 0. The summed E-state index contributed by atoms with van der Waals surface area (Å²) in [4.78, 5) is 11.7. The number of hydrogen-bond donors (Lipinski definition) is 0. The highest BCUT2D eigenvalue weighted by molar-refractivity contribution is 7.88. The number of aromatic nitrogens is 2. The zero-order valence-corrected chi connectivity index (χ0v) is 13.9. The molecule has 1 heterocycles. The van der Waals surface area contributed by atoms with Crippen molar-refractivity contribution in [3.05, 3.63) is 53.9 Å². The number of sulfonamides is 1. The Morgan fingerprint density at radius 1 is 1.30 bits per heavy atom. The molecule has 0 saturated heterocycles. The molecular weight excluding hydrogens is 318 g/mol. The van der Waals surface area contributed by atoms with Crippen molar-refractivity contribution in [3.63, 3.8) is 0 Å². The van der Waals surface area contributed by atoms with Crippen LogP contribution in [0, 0.1) is 0 Å². The summed E-state index contributed by atoms with van der Waals surface area (Å²) in [5, 5.41) is 4.04. The van der Waals surface area contributed by atoms with Crippen LogP contribution in [0.25, 0.3) is 0 Å². The molecule has 0 spiro atoms. The van der Waals surface area contributed by atoms with Crippen LogP contribution in [0.15, 0.2) is 42.7 Å². The van der Waals surface area contributed by atoms with E-state index >= 15 is 0 Å². The summed E-state index contributed by atoms with van der Waals surface area (Å²) in [5.41, 5.74) is 0.685. The van der Waals surface area contributed by atoms with Gasteiger partial charge in [0, 0.05) is 26.0 Å². The minimum absolute atomic E-state index is 0.256. The molecule has 0 aliphatic rings. The first kappa shape index (κ1) is 17.2. The summed E-state index contributed by atoms with van der Waals surface area (Å²) < 4.78 is 32.6. The largest absolute Gasteiger partial charge is 0.465 e. The standard InChI is InChI=1S/C15H19N3O4S/c1-17(10-11-18-9-5-8-16-18)23(20,21)12-13-6-3-4-7-14(13)15(19)22-2/h3-9H,10-12H2,1-2H3. The van der Waals surface area contributed by atoms with Gasteiger partial charge in [-0.05, 0) is 17.7 Å². The number of likely N-dealkylation sites (N-methyl/N-ethyl adjacent to an activating group) is 1. The Kier molecular flexibility index (Phi) is 5.51. The van der Waals surface area contributed by atoms with Gasteiger partial charge in [-0.25, -0.2) is 17.5 Å². The lowest BCUT2D eigenvalue weighted by Gasteiger charge is -2.18. The van der Waals surface area contributed by atoms with E-state index in [1.54, 1.807) is 47.4 Å². The lowest BCUT2D eigenvalue weighted by Crippen LogP contribution is -2.31. The van der Waals surface area contributed by atoms with Gasteiger partial charge in [0.1, 0.15) is 0 Å². The van der Waals surface area contributed by atoms with Gasteiger partial charge < -0.3 is 4.74 Å². The fraction of sp³-hybridized carbons (Fsp3) is 0.333. The Bertz CT molecular complexity index is 757. The highest BCUT2D eigenvalue weighted by atomic mass is 32.2. The summed E-state index contributed by atoms with van der Waals surface area (Å²) in [6.45, 7) is 0.756. The van der Waals surface area contributed by atoms with E-state index in [0.717, 1.165) is 0 Å². The normalized spacial score (nSPS) is 11.6. The second kappa shape index (κ2) is 7.38. The van der Waals surface area contributed by atoms with Gasteiger partial charge in [-0.2, -0.15) is 5.10 Å². The van der Waals surface area contributed by atoms with Gasteiger partial charge in [-0.1, -0.05) is 18.2 Å². The number of rotatable bonds is 7. The van der Waals surface area contributed by atoms with Crippen LogP contribution in [0.2, 0.25) is 0 Å². The molecule has 23 heavy (non-hydrogen) atoms. The SMILES string of the molecule is COC(=O)c1ccccc1CS(=O)(=O)N(C)CCn1cccn1. The molecule has 0 N–H and O–H groups in total. The van der Waals surface area contributed by atoms with E-state index in [2.05, 4.69) is 9.84 Å². The molecule has 2 rings (SSSR count). The number of nitrogens with zero attached hydrogens (tertiary/aromatic N) is 3. The topological polar surface area (TPSA) is 81.5 Å². The van der Waals surface area contributed by atoms with Gasteiger partial charge in [-0.3, -0.25) is 4.68 Å². The smallest absolute Gasteiger partial charge is 0.338 e. The van der Waals surface area contributed by atoms with E-state index in [4.69, 9.17) is 0 Å². The molecule has 0 bridgehead atoms. The van der Waals surface area contributed by atoms with Gasteiger partial charge in [0.25, 0.3) is 0 Å². The van der Waals surface area contributed by atoms with Crippen LogP contribution >= 0.6 is 0 Å². The van der Waals surface area contributed by atoms with Gasteiger partial charge in [-0.15, -0.1) is 0 Å². The molecule has 0 fully saturated rings. The van der Waals surface area contributed by atoms with Crippen molar-refractivity contribution in [1.82, 2.24) is 14.1 Å². The molecular formula is C15H19N3O4S. The summed E-state index contributed by atoms with van der Waals surface area (Å²) in [6.07, 6.45) is 3.41. The maximum absolute atomic E-state index is 12.5. The van der Waals surface area contributed by atoms with E-state index in [9.17, 15) is 13.2 Å². The Balaban J connectivity index is 2.10. The number of hydrogen-bond acceptors (Lipinski definition) is 5. The van der Waals surface area contributed by atoms with Gasteiger partial charge in [0.15, 0.2) is 0 Å². The third-order valence-corrected chi connectivity index (χ3v) is 5.25. The van der Waals surface area contributed by atoms with Gasteiger partial charge in [0.2, 0.25) is 10.0 Å². The summed E-state index contributed by atoms with van der Waals surface area (Å²) in [6, 6.07) is 8.32. The second-order valence-corrected chi connectivity index (χ2v) is 7.07. The van der Waals surface area contributed by atoms with Crippen molar-refractivity contribution in [2.45, 2.75) is 12.3 Å². The monoisotopic (exact) mass is 337 g/mol. The van der Waals surface area contributed by atoms with E-state index in [1.807, 2.05) is 0 Å². The first-order valence-corrected chi connectivity index (χ1v) is 8.62. The van der Waals surface area contributed by atoms with Crippen molar-refractivity contribution in [3.8, 4) is 0 Å². The molecule has 1 aromatic carbocycles. The lowest BCUT2D eigenvalue weighted by molar-refractivity contribution is 0.0600. The summed E-state index contributed by atoms with van der Waals surface area (Å²) in [5.74, 6) is -0.802. The molecule has 0 saturated carbocycles. The zero-order valence-electron chi connectivity index (χ0n) is 13.0. The number of esters is 1. The molecule has 124 valence electrons. The number of methoxy groups -OCH3 is 1. The molecule has 0 radical (unpaired) electrons. The van der Waals surface area contributed by atoms with Gasteiger partial charge >= 0.3 is 5.97 Å². The Morgan fingerprint density at radius 2 is 2.04 bits per heavy atom. The van der Waals surface area contributed by atoms with E-state index < -0.39 is 16.0 Å². The van der Waals surface area contributed by atoms with Crippen LogP contribution in [0.4, 0.5) is 0 Å². The molecule has 8 heteroatoms. The van der Waals surface area contributed by atoms with Crippen LogP contribution < -0.4 is 0 Å². The van der Waals surface area contributed by atoms with Crippen molar-refractivity contribution >= 4 is 16.0 Å². The Morgan fingerprint density at radius 3 is 2.70 bits per heavy atom. The number of benzene rings is 1. The maximum Gasteiger partial charge on any atom is 0.338 e. The van der Waals surface area contributed by atoms with Gasteiger partial charge in [0.05, 0.1) is 25.0 Å². The number of carbonyl (C=O) groups excluding carboxylic acids is 1. The predicted octanol–water partition coefficient (Wildman–Crippen LogP) is 1.13. The molecule has 0 amide bonds. The Hall–Kier alpha value is -2.19. The van der Waals surface area contributed by atoms with Crippen LogP contribution in [-0.2, 0) is 27.1 Å². The minimum Gasteiger partial charge on any atom is -0.465 e. The summed E-state index contributed by atoms with van der Waals surface area (Å²) in [7, 11) is -0.765. The first-order chi connectivity index (χ1) is 10.9. The average Bonchev–Trinajstić information content (AvgIpc) is 3.05. The lowest BCUT2D eigenvalue weighted by atomic mass is 10.1. The zero-order chi connectivity index (χ0) is 16.9. The second-order valence-electron chi connectivity index (χ2n) is 5.00. The third kappa shape index (κ3) is 4.40. The fourth-order valence-electron chi connectivity index (χ4n) is 2.08. The molecule has 0 atom stereocenters. The number of ether oxygens (including phenoxy) is 1. The number of carbonyl (C=O) groups is 1. The van der Waals surface area contributed by atoms with Crippen molar-refractivity contribution < 1.29 is 17.9 Å². The van der Waals surface area contributed by atoms with E-state index in [-0.39, 0.29) is 11.3 Å². The van der Waals surface area contributed by atoms with E-state index in [1.165, 1.54) is 18.5 Å². The highest BCUT2D eigenvalue weighted by Gasteiger charge is 2.22. The van der Waals surface area contributed by atoms with E-state index in [0.29, 0.717) is 18.7 Å². The average molecular weight is 337 g/mol. The van der Waals surface area contributed by atoms with Crippen LogP contribution in [0.5, 0.6) is 0 Å². The Labute approximate surface area is 135 Å². The third-order valence-electron chi connectivity index (χ3n) is 3.44. The van der Waals surface area contributed by atoms with Crippen molar-refractivity contribution in [2.75, 3.05) is 20.7 Å². The van der Waals surface area contributed by atoms with Crippen LogP contribution in [0.1, 0.15) is 15.9 Å². The van der Waals surface area contributed by atoms with Crippen molar-refractivity contribution in [1.29, 1.82) is 0 Å². The van der Waals surface area contributed by atoms with Crippen LogP contribution in [0.3, 0.4) is 0 Å². The fourth-order valence-corrected chi connectivity index (χ4v) is 3.30. The predicted molar refractivity (Wildman–Crippen MR) is 85.3 cm³/mol. The maximum atomic E-state index is 12.5. The molecule has 0 unspecified atom stereocenters. The quantitative estimate of drug-likeness (QED) is 0.708.